The second-order valence-electron chi connectivity index (χ2n) is 7.80. The lowest BCUT2D eigenvalue weighted by Gasteiger charge is -2.19. The van der Waals surface area contributed by atoms with Gasteiger partial charge in [0.1, 0.15) is 0 Å². The van der Waals surface area contributed by atoms with Gasteiger partial charge in [-0.25, -0.2) is 0 Å². The summed E-state index contributed by atoms with van der Waals surface area (Å²) in [6, 6.07) is 1.85. The highest BCUT2D eigenvalue weighted by Crippen LogP contribution is 2.59. The summed E-state index contributed by atoms with van der Waals surface area (Å²) in [6.07, 6.45) is 3.89. The molecule has 26 heavy (non-hydrogen) atoms. The van der Waals surface area contributed by atoms with Crippen LogP contribution in [-0.4, -0.2) is 22.7 Å². The number of fused-ring (bicyclic) bond motifs is 5. The first-order chi connectivity index (χ1) is 12.4. The molecular formula is C20H24N2O3S. The first-order valence-corrected chi connectivity index (χ1v) is 10.3. The Morgan fingerprint density at radius 3 is 2.35 bits per heavy atom. The van der Waals surface area contributed by atoms with Crippen molar-refractivity contribution in [3.63, 3.8) is 0 Å². The zero-order valence-electron chi connectivity index (χ0n) is 15.4. The number of amides is 3. The van der Waals surface area contributed by atoms with Gasteiger partial charge in [-0.05, 0) is 51.0 Å². The Morgan fingerprint density at radius 1 is 1.19 bits per heavy atom. The van der Waals surface area contributed by atoms with Crippen molar-refractivity contribution in [3.8, 4) is 0 Å². The van der Waals surface area contributed by atoms with E-state index in [0.29, 0.717) is 5.56 Å². The number of rotatable bonds is 4. The smallest absolute Gasteiger partial charge is 0.271 e. The van der Waals surface area contributed by atoms with Crippen LogP contribution < -0.4 is 5.43 Å². The highest BCUT2D eigenvalue weighted by molar-refractivity contribution is 7.10. The van der Waals surface area contributed by atoms with Crippen molar-refractivity contribution in [1.82, 2.24) is 10.4 Å². The van der Waals surface area contributed by atoms with Gasteiger partial charge in [-0.3, -0.25) is 19.8 Å². The second-order valence-corrected chi connectivity index (χ2v) is 8.80. The highest BCUT2D eigenvalue weighted by atomic mass is 32.1. The summed E-state index contributed by atoms with van der Waals surface area (Å²) >= 11 is 1.54. The van der Waals surface area contributed by atoms with Crippen molar-refractivity contribution < 1.29 is 14.4 Å². The van der Waals surface area contributed by atoms with Crippen LogP contribution in [0.3, 0.4) is 0 Å². The van der Waals surface area contributed by atoms with Crippen LogP contribution in [0.1, 0.15) is 55.3 Å². The molecule has 3 amide bonds. The maximum Gasteiger partial charge on any atom is 0.271 e. The maximum atomic E-state index is 12.9. The molecule has 0 radical (unpaired) electrons. The Bertz CT molecular complexity index is 789. The number of hydrogen-bond donors (Lipinski definition) is 1. The van der Waals surface area contributed by atoms with E-state index >= 15 is 0 Å². The van der Waals surface area contributed by atoms with Crippen molar-refractivity contribution in [2.75, 3.05) is 0 Å². The third kappa shape index (κ3) is 2.46. The van der Waals surface area contributed by atoms with E-state index in [1.54, 1.807) is 5.38 Å². The van der Waals surface area contributed by atoms with Crippen molar-refractivity contribution in [2.24, 2.45) is 23.7 Å². The summed E-state index contributed by atoms with van der Waals surface area (Å²) in [5.41, 5.74) is 5.65. The number of hydrogen-bond acceptors (Lipinski definition) is 4. The largest absolute Gasteiger partial charge is 0.272 e. The summed E-state index contributed by atoms with van der Waals surface area (Å²) in [4.78, 5) is 39.5. The average Bonchev–Trinajstić information content (AvgIpc) is 3.34. The summed E-state index contributed by atoms with van der Waals surface area (Å²) < 4.78 is 0. The lowest BCUT2D eigenvalue weighted by molar-refractivity contribution is -0.143. The summed E-state index contributed by atoms with van der Waals surface area (Å²) in [5.74, 6) is -1.07. The Balaban J connectivity index is 1.53. The van der Waals surface area contributed by atoms with Crippen LogP contribution in [0.2, 0.25) is 0 Å². The number of nitrogens with one attached hydrogen (secondary N) is 1. The molecule has 1 aromatic heterocycles. The van der Waals surface area contributed by atoms with Crippen LogP contribution in [0, 0.1) is 23.7 Å². The summed E-state index contributed by atoms with van der Waals surface area (Å²) in [7, 11) is 0. The van der Waals surface area contributed by atoms with E-state index in [9.17, 15) is 14.4 Å². The summed E-state index contributed by atoms with van der Waals surface area (Å²) in [5, 5.41) is 2.79. The molecule has 3 fully saturated rings. The van der Waals surface area contributed by atoms with E-state index in [4.69, 9.17) is 0 Å². The molecular weight excluding hydrogens is 348 g/mol. The second kappa shape index (κ2) is 6.34. The van der Waals surface area contributed by atoms with E-state index in [1.165, 1.54) is 22.5 Å². The van der Waals surface area contributed by atoms with E-state index in [-0.39, 0.29) is 41.4 Å². The molecule has 0 unspecified atom stereocenters. The van der Waals surface area contributed by atoms with Gasteiger partial charge in [0.15, 0.2) is 0 Å². The molecule has 4 rings (SSSR count). The molecule has 0 spiro atoms. The molecule has 2 bridgehead atoms. The van der Waals surface area contributed by atoms with Crippen LogP contribution in [0.5, 0.6) is 0 Å². The van der Waals surface area contributed by atoms with Crippen molar-refractivity contribution in [2.45, 2.75) is 46.5 Å². The topological polar surface area (TPSA) is 66.5 Å². The van der Waals surface area contributed by atoms with Crippen LogP contribution >= 0.6 is 11.3 Å². The van der Waals surface area contributed by atoms with Crippen LogP contribution in [0.15, 0.2) is 22.6 Å². The van der Waals surface area contributed by atoms with Crippen molar-refractivity contribution in [3.05, 3.63) is 33.0 Å². The minimum atomic E-state index is -0.375. The quantitative estimate of drug-likeness (QED) is 0.651. The minimum Gasteiger partial charge on any atom is -0.272 e. The van der Waals surface area contributed by atoms with E-state index < -0.39 is 0 Å². The van der Waals surface area contributed by atoms with Gasteiger partial charge in [0.2, 0.25) is 0 Å². The van der Waals surface area contributed by atoms with Crippen molar-refractivity contribution >= 4 is 29.1 Å². The molecule has 138 valence electrons. The Morgan fingerprint density at radius 2 is 1.81 bits per heavy atom. The molecule has 1 aromatic rings. The lowest BCUT2D eigenvalue weighted by atomic mass is 9.81. The number of thiophene rings is 1. The first-order valence-electron chi connectivity index (χ1n) is 9.37. The normalized spacial score (nSPS) is 29.5. The minimum absolute atomic E-state index is 0.172. The lowest BCUT2D eigenvalue weighted by Crippen LogP contribution is -2.47. The molecule has 2 saturated carbocycles. The molecule has 1 N–H and O–H groups in total. The first kappa shape index (κ1) is 17.5. The standard InChI is InChI=1S/C20H24N2O3S/c1-4-5-12-8-11(9-26-12)18(23)21-22-19(24)16-13-6-7-14(15(13)10(2)3)17(16)20(22)25/h8-9,13-14,16-17H,4-7H2,1-3H3,(H,21,23)/t13-,14+,16-,17-/m0/s1. The average molecular weight is 372 g/mol. The van der Waals surface area contributed by atoms with Gasteiger partial charge in [-0.1, -0.05) is 24.5 Å². The molecule has 1 aliphatic heterocycles. The number of hydrazine groups is 1. The third-order valence-corrected chi connectivity index (χ3v) is 7.05. The molecule has 2 heterocycles. The molecule has 4 atom stereocenters. The van der Waals surface area contributed by atoms with Gasteiger partial charge in [0.25, 0.3) is 17.7 Å². The SMILES string of the molecule is CCCc1cc(C(=O)NN2C(=O)[C@@H]3[C@@H](C2=O)[C@H]2CC[C@@H]3C2=C(C)C)cs1. The van der Waals surface area contributed by atoms with Gasteiger partial charge in [0, 0.05) is 10.3 Å². The van der Waals surface area contributed by atoms with E-state index in [2.05, 4.69) is 26.2 Å². The Kier molecular flexibility index (Phi) is 4.26. The van der Waals surface area contributed by atoms with Gasteiger partial charge in [0.05, 0.1) is 17.4 Å². The van der Waals surface area contributed by atoms with Gasteiger partial charge in [-0.15, -0.1) is 11.3 Å². The number of nitrogens with zero attached hydrogens (tertiary/aromatic N) is 1. The van der Waals surface area contributed by atoms with Crippen molar-refractivity contribution in [1.29, 1.82) is 0 Å². The van der Waals surface area contributed by atoms with Gasteiger partial charge < -0.3 is 0 Å². The fraction of sp³-hybridized carbons (Fsp3) is 0.550. The fourth-order valence-electron chi connectivity index (χ4n) is 5.14. The molecule has 0 aromatic carbocycles. The Labute approximate surface area is 157 Å². The number of carbonyl (C=O) groups excluding carboxylic acids is 3. The van der Waals surface area contributed by atoms with Crippen LogP contribution in [-0.2, 0) is 16.0 Å². The van der Waals surface area contributed by atoms with Crippen LogP contribution in [0.4, 0.5) is 0 Å². The Hall–Kier alpha value is -1.95. The van der Waals surface area contributed by atoms with Crippen LogP contribution in [0.25, 0.3) is 0 Å². The predicted molar refractivity (Wildman–Crippen MR) is 99.2 cm³/mol. The predicted octanol–water partition coefficient (Wildman–Crippen LogP) is 3.32. The molecule has 6 heteroatoms. The van der Waals surface area contributed by atoms with Gasteiger partial charge in [-0.2, -0.15) is 5.01 Å². The number of imide groups is 1. The summed E-state index contributed by atoms with van der Waals surface area (Å²) in [6.45, 7) is 6.23. The molecule has 5 nitrogen and oxygen atoms in total. The zero-order chi connectivity index (χ0) is 18.6. The number of carbonyl (C=O) groups is 3. The molecule has 3 aliphatic rings. The monoisotopic (exact) mass is 372 g/mol. The van der Waals surface area contributed by atoms with Gasteiger partial charge >= 0.3 is 0 Å². The number of allylic oxidation sites excluding steroid dienone is 2. The number of aryl methyl sites for hydroxylation is 1. The van der Waals surface area contributed by atoms with E-state index in [1.807, 2.05) is 6.07 Å². The maximum absolute atomic E-state index is 12.9. The third-order valence-electron chi connectivity index (χ3n) is 6.06. The zero-order valence-corrected chi connectivity index (χ0v) is 16.2. The highest BCUT2D eigenvalue weighted by Gasteiger charge is 2.63. The molecule has 2 aliphatic carbocycles. The van der Waals surface area contributed by atoms with E-state index in [0.717, 1.165) is 35.6 Å². The molecule has 1 saturated heterocycles. The fourth-order valence-corrected chi connectivity index (χ4v) is 6.12.